The van der Waals surface area contributed by atoms with Gasteiger partial charge in [0.25, 0.3) is 0 Å². The maximum absolute atomic E-state index is 13.3. The van der Waals surface area contributed by atoms with E-state index in [1.807, 2.05) is 6.92 Å². The molecule has 1 aromatic carbocycles. The first kappa shape index (κ1) is 24.1. The van der Waals surface area contributed by atoms with Crippen molar-refractivity contribution in [2.75, 3.05) is 45.9 Å². The van der Waals surface area contributed by atoms with Gasteiger partial charge in [-0.3, -0.25) is 4.90 Å². The molecule has 0 aliphatic carbocycles. The number of halogens is 5. The third kappa shape index (κ3) is 6.42. The maximum Gasteiger partial charge on any atom is 0.416 e. The Hall–Kier alpha value is -1.14. The first-order chi connectivity index (χ1) is 13.4. The van der Waals surface area contributed by atoms with Crippen molar-refractivity contribution in [3.8, 4) is 0 Å². The number of morpholine rings is 1. The number of aliphatic imine (C=N–C) groups is 1. The fourth-order valence-electron chi connectivity index (χ4n) is 3.71. The predicted molar refractivity (Wildman–Crippen MR) is 114 cm³/mol. The summed E-state index contributed by atoms with van der Waals surface area (Å²) in [6, 6.07) is 3.12. The van der Waals surface area contributed by atoms with E-state index in [2.05, 4.69) is 20.1 Å². The molecule has 1 atom stereocenters. The van der Waals surface area contributed by atoms with Gasteiger partial charge >= 0.3 is 6.18 Å². The van der Waals surface area contributed by atoms with Gasteiger partial charge in [0.15, 0.2) is 5.96 Å². The summed E-state index contributed by atoms with van der Waals surface area (Å²) in [5, 5.41) is 3.17. The van der Waals surface area contributed by atoms with Gasteiger partial charge in [0.1, 0.15) is 5.82 Å². The smallest absolute Gasteiger partial charge is 0.379 e. The van der Waals surface area contributed by atoms with Gasteiger partial charge in [0.05, 0.1) is 25.3 Å². The molecule has 1 aromatic rings. The van der Waals surface area contributed by atoms with E-state index < -0.39 is 17.6 Å². The van der Waals surface area contributed by atoms with Gasteiger partial charge in [0, 0.05) is 38.8 Å². The van der Waals surface area contributed by atoms with Crippen LogP contribution in [0, 0.1) is 5.82 Å². The highest BCUT2D eigenvalue weighted by Crippen LogP contribution is 2.33. The van der Waals surface area contributed by atoms with Crippen LogP contribution in [0.4, 0.5) is 17.6 Å². The normalized spacial score (nSPS) is 21.2. The minimum atomic E-state index is -4.61. The van der Waals surface area contributed by atoms with E-state index in [0.29, 0.717) is 24.6 Å². The number of guanidine groups is 1. The number of hydrogen-bond acceptors (Lipinski definition) is 3. The molecule has 29 heavy (non-hydrogen) atoms. The van der Waals surface area contributed by atoms with E-state index >= 15 is 0 Å². The molecule has 1 N–H and O–H groups in total. The molecule has 2 aliphatic rings. The van der Waals surface area contributed by atoms with Gasteiger partial charge in [-0.1, -0.05) is 6.07 Å². The lowest BCUT2D eigenvalue weighted by atomic mass is 10.1. The molecule has 0 bridgehead atoms. The first-order valence-electron chi connectivity index (χ1n) is 9.59. The quantitative estimate of drug-likeness (QED) is 0.281. The summed E-state index contributed by atoms with van der Waals surface area (Å²) in [6.45, 7) is 7.22. The second-order valence-electron chi connectivity index (χ2n) is 7.01. The fraction of sp³-hybridized carbons (Fsp3) is 0.632. The Bertz CT molecular complexity index is 695. The van der Waals surface area contributed by atoms with Crippen LogP contribution in [0.25, 0.3) is 0 Å². The Morgan fingerprint density at radius 2 is 1.97 bits per heavy atom. The van der Waals surface area contributed by atoms with Crippen molar-refractivity contribution in [1.82, 2.24) is 15.1 Å². The van der Waals surface area contributed by atoms with Gasteiger partial charge in [-0.25, -0.2) is 9.38 Å². The number of benzene rings is 1. The van der Waals surface area contributed by atoms with Gasteiger partial charge in [-0.15, -0.1) is 24.0 Å². The zero-order valence-electron chi connectivity index (χ0n) is 16.3. The Morgan fingerprint density at radius 3 is 2.62 bits per heavy atom. The number of hydrogen-bond donors (Lipinski definition) is 1. The van der Waals surface area contributed by atoms with Gasteiger partial charge in [-0.2, -0.15) is 13.2 Å². The second-order valence-corrected chi connectivity index (χ2v) is 7.01. The summed E-state index contributed by atoms with van der Waals surface area (Å²) in [4.78, 5) is 8.90. The zero-order valence-corrected chi connectivity index (χ0v) is 18.7. The van der Waals surface area contributed by atoms with Crippen LogP contribution in [0.5, 0.6) is 0 Å². The van der Waals surface area contributed by atoms with Crippen LogP contribution < -0.4 is 5.32 Å². The topological polar surface area (TPSA) is 40.1 Å². The van der Waals surface area contributed by atoms with Crippen molar-refractivity contribution in [3.63, 3.8) is 0 Å². The second kappa shape index (κ2) is 10.8. The molecule has 0 radical (unpaired) electrons. The van der Waals surface area contributed by atoms with Crippen LogP contribution in [0.3, 0.4) is 0 Å². The maximum atomic E-state index is 13.3. The number of likely N-dealkylation sites (tertiary alicyclic amines) is 1. The van der Waals surface area contributed by atoms with E-state index in [9.17, 15) is 17.6 Å². The van der Waals surface area contributed by atoms with Crippen molar-refractivity contribution in [3.05, 3.63) is 35.1 Å². The molecule has 164 valence electrons. The Balaban J connectivity index is 0.00000300. The van der Waals surface area contributed by atoms with Gasteiger partial charge < -0.3 is 15.0 Å². The predicted octanol–water partition coefficient (Wildman–Crippen LogP) is 3.33. The van der Waals surface area contributed by atoms with E-state index in [1.54, 1.807) is 0 Å². The largest absolute Gasteiger partial charge is 0.416 e. The lowest BCUT2D eigenvalue weighted by Crippen LogP contribution is -2.46. The van der Waals surface area contributed by atoms with Crippen molar-refractivity contribution >= 4 is 29.9 Å². The molecular formula is C19H27F4IN4O. The molecule has 2 aliphatic heterocycles. The molecule has 0 aromatic heterocycles. The lowest BCUT2D eigenvalue weighted by Gasteiger charge is -2.32. The van der Waals surface area contributed by atoms with E-state index in [0.717, 1.165) is 57.9 Å². The summed E-state index contributed by atoms with van der Waals surface area (Å²) in [5.41, 5.74) is -1.01. The van der Waals surface area contributed by atoms with Gasteiger partial charge in [-0.05, 0) is 31.0 Å². The number of nitrogens with one attached hydrogen (secondary N) is 1. The minimum absolute atomic E-state index is 0. The summed E-state index contributed by atoms with van der Waals surface area (Å²) in [5.74, 6) is -0.310. The standard InChI is InChI=1S/C19H26F4N4O.HI/c1-2-24-18(27-6-5-16(13-27)26-7-9-28-10-8-26)25-12-14-3-4-15(20)11-17(14)19(21,22)23;/h3-4,11,16H,2,5-10,12-13H2,1H3,(H,24,25);1H. The Kier molecular flexibility index (Phi) is 8.95. The summed E-state index contributed by atoms with van der Waals surface area (Å²) in [6.07, 6.45) is -3.63. The average Bonchev–Trinajstić information content (AvgIpc) is 3.16. The number of rotatable bonds is 4. The molecule has 5 nitrogen and oxygen atoms in total. The van der Waals surface area contributed by atoms with E-state index in [-0.39, 0.29) is 36.1 Å². The molecule has 2 saturated heterocycles. The van der Waals surface area contributed by atoms with Crippen LogP contribution >= 0.6 is 24.0 Å². The van der Waals surface area contributed by atoms with E-state index in [1.165, 1.54) is 0 Å². The third-order valence-electron chi connectivity index (χ3n) is 5.14. The zero-order chi connectivity index (χ0) is 20.1. The lowest BCUT2D eigenvalue weighted by molar-refractivity contribution is -0.138. The van der Waals surface area contributed by atoms with Crippen molar-refractivity contribution in [2.45, 2.75) is 32.1 Å². The van der Waals surface area contributed by atoms with Crippen LogP contribution in [-0.4, -0.2) is 67.7 Å². The fourth-order valence-corrected chi connectivity index (χ4v) is 3.71. The van der Waals surface area contributed by atoms with Gasteiger partial charge in [0.2, 0.25) is 0 Å². The molecular weight excluding hydrogens is 503 g/mol. The van der Waals surface area contributed by atoms with Crippen LogP contribution in [0.15, 0.2) is 23.2 Å². The molecule has 0 saturated carbocycles. The highest BCUT2D eigenvalue weighted by atomic mass is 127. The molecule has 2 fully saturated rings. The molecule has 0 amide bonds. The molecule has 3 rings (SSSR count). The van der Waals surface area contributed by atoms with Crippen LogP contribution in [0.1, 0.15) is 24.5 Å². The van der Waals surface area contributed by atoms with Crippen molar-refractivity contribution < 1.29 is 22.3 Å². The van der Waals surface area contributed by atoms with Crippen molar-refractivity contribution in [2.24, 2.45) is 4.99 Å². The average molecular weight is 530 g/mol. The number of alkyl halides is 3. The molecule has 1 unspecified atom stereocenters. The third-order valence-corrected chi connectivity index (χ3v) is 5.14. The summed E-state index contributed by atoms with van der Waals surface area (Å²) >= 11 is 0. The highest BCUT2D eigenvalue weighted by molar-refractivity contribution is 14.0. The minimum Gasteiger partial charge on any atom is -0.379 e. The number of ether oxygens (including phenoxy) is 1. The monoisotopic (exact) mass is 530 g/mol. The molecule has 10 heteroatoms. The Morgan fingerprint density at radius 1 is 1.24 bits per heavy atom. The van der Waals surface area contributed by atoms with Crippen molar-refractivity contribution in [1.29, 1.82) is 0 Å². The summed E-state index contributed by atoms with van der Waals surface area (Å²) < 4.78 is 58.3. The SMILES string of the molecule is CCNC(=NCc1ccc(F)cc1C(F)(F)F)N1CCC(N2CCOCC2)C1.I. The number of nitrogens with zero attached hydrogens (tertiary/aromatic N) is 3. The highest BCUT2D eigenvalue weighted by Gasteiger charge is 2.34. The molecule has 0 spiro atoms. The van der Waals surface area contributed by atoms with Crippen LogP contribution in [0.2, 0.25) is 0 Å². The van der Waals surface area contributed by atoms with Crippen LogP contribution in [-0.2, 0) is 17.5 Å². The first-order valence-corrected chi connectivity index (χ1v) is 9.59. The Labute approximate surface area is 185 Å². The molecule has 2 heterocycles. The van der Waals surface area contributed by atoms with E-state index in [4.69, 9.17) is 4.74 Å². The summed E-state index contributed by atoms with van der Waals surface area (Å²) in [7, 11) is 0.